The zero-order valence-corrected chi connectivity index (χ0v) is 27.5. The average molecular weight is 612 g/mol. The van der Waals surface area contributed by atoms with Crippen molar-refractivity contribution in [3.05, 3.63) is 0 Å². The minimum Gasteiger partial charge on any atom is -0.460 e. The number of carbonyl (C=O) groups is 3. The van der Waals surface area contributed by atoms with Crippen LogP contribution < -0.4 is 0 Å². The number of aliphatic hydroxyl groups is 2. The first-order chi connectivity index (χ1) is 20.3. The second-order valence-electron chi connectivity index (χ2n) is 13.9. The van der Waals surface area contributed by atoms with E-state index in [9.17, 15) is 19.5 Å². The molecule has 2 heterocycles. The van der Waals surface area contributed by atoms with Gasteiger partial charge in [0.2, 0.25) is 5.79 Å². The lowest BCUT2D eigenvalue weighted by molar-refractivity contribution is -0.269. The van der Waals surface area contributed by atoms with Crippen molar-refractivity contribution in [3.8, 4) is 0 Å². The van der Waals surface area contributed by atoms with Crippen LogP contribution in [0.3, 0.4) is 0 Å². The normalized spacial score (nSPS) is 33.3. The zero-order valence-electron chi connectivity index (χ0n) is 27.5. The van der Waals surface area contributed by atoms with Crippen LogP contribution in [0.2, 0.25) is 0 Å². The predicted octanol–water partition coefficient (Wildman–Crippen LogP) is 3.88. The van der Waals surface area contributed by atoms with E-state index in [1.807, 2.05) is 27.7 Å². The lowest BCUT2D eigenvalue weighted by Gasteiger charge is -2.43. The SMILES string of the molecule is CO[C@@H]1C[C@H](C[C@@H](C)[C@@H](OC(=O)[C@@H]2CCCCN2C(=O)C(=O)[C@]2(O)OC(C(C)C)CC[C@H]2C)C(C)C)CC[C@H]1OCCO. The maximum Gasteiger partial charge on any atom is 0.329 e. The molecule has 10 heteroatoms. The van der Waals surface area contributed by atoms with Crippen LogP contribution in [0.1, 0.15) is 99.3 Å². The van der Waals surface area contributed by atoms with E-state index in [0.717, 1.165) is 32.1 Å². The number of Topliss-reactive ketones (excluding diaryl/α,β-unsaturated/α-hetero) is 1. The van der Waals surface area contributed by atoms with E-state index in [0.29, 0.717) is 38.2 Å². The number of aliphatic hydroxyl groups excluding tert-OH is 1. The van der Waals surface area contributed by atoms with Gasteiger partial charge in [0.05, 0.1) is 31.5 Å². The van der Waals surface area contributed by atoms with Gasteiger partial charge in [-0.2, -0.15) is 0 Å². The van der Waals surface area contributed by atoms with Crippen LogP contribution in [-0.4, -0.2) is 95.9 Å². The second-order valence-corrected chi connectivity index (χ2v) is 13.9. The third kappa shape index (κ3) is 8.78. The van der Waals surface area contributed by atoms with E-state index >= 15 is 0 Å². The summed E-state index contributed by atoms with van der Waals surface area (Å²) < 4.78 is 23.5. The summed E-state index contributed by atoms with van der Waals surface area (Å²) in [7, 11) is 1.69. The Kier molecular flexibility index (Phi) is 13.4. The number of hydrogen-bond donors (Lipinski definition) is 2. The molecule has 1 amide bonds. The molecule has 248 valence electrons. The Morgan fingerprint density at radius 1 is 1.00 bits per heavy atom. The van der Waals surface area contributed by atoms with Gasteiger partial charge in [-0.05, 0) is 81.5 Å². The van der Waals surface area contributed by atoms with Crippen molar-refractivity contribution < 1.29 is 43.5 Å². The topological polar surface area (TPSA) is 132 Å². The van der Waals surface area contributed by atoms with Crippen LogP contribution in [0, 0.1) is 29.6 Å². The highest BCUT2D eigenvalue weighted by Gasteiger charge is 2.53. The van der Waals surface area contributed by atoms with Crippen LogP contribution in [0.4, 0.5) is 0 Å². The van der Waals surface area contributed by atoms with E-state index in [2.05, 4.69) is 6.92 Å². The molecule has 0 aromatic heterocycles. The first-order valence-corrected chi connectivity index (χ1v) is 16.5. The highest BCUT2D eigenvalue weighted by molar-refractivity contribution is 6.39. The van der Waals surface area contributed by atoms with Gasteiger partial charge in [0.15, 0.2) is 0 Å². The standard InChI is InChI=1S/C33H57NO9/c1-20(2)26-13-11-23(6)33(39,43-26)30(36)31(37)34-15-9-8-10-25(34)32(38)42-29(21(3)4)22(5)18-24-12-14-27(41-17-16-35)28(19-24)40-7/h20-29,35,39H,8-19H2,1-7H3/t22-,23-,24+,25+,26?,27-,28-,29+,33-/m1/s1. The van der Waals surface area contributed by atoms with Crippen molar-refractivity contribution in [1.29, 1.82) is 0 Å². The van der Waals surface area contributed by atoms with Crippen LogP contribution in [-0.2, 0) is 33.3 Å². The molecular formula is C33H57NO9. The maximum absolute atomic E-state index is 13.7. The Balaban J connectivity index is 1.67. The lowest BCUT2D eigenvalue weighted by atomic mass is 9.78. The number of piperidine rings is 1. The molecule has 1 saturated carbocycles. The minimum absolute atomic E-state index is 0.0145. The van der Waals surface area contributed by atoms with E-state index in [1.165, 1.54) is 4.90 Å². The Bertz CT molecular complexity index is 926. The molecule has 10 nitrogen and oxygen atoms in total. The molecule has 1 aliphatic carbocycles. The molecule has 3 rings (SSSR count). The number of likely N-dealkylation sites (tertiary alicyclic amines) is 1. The molecule has 3 aliphatic rings. The van der Waals surface area contributed by atoms with Crippen molar-refractivity contribution in [1.82, 2.24) is 4.90 Å². The first kappa shape index (κ1) is 35.9. The number of hydrogen-bond acceptors (Lipinski definition) is 9. The van der Waals surface area contributed by atoms with Crippen LogP contribution in [0.25, 0.3) is 0 Å². The minimum atomic E-state index is -2.20. The summed E-state index contributed by atoms with van der Waals surface area (Å²) in [6.07, 6.45) is 5.85. The molecule has 3 fully saturated rings. The van der Waals surface area contributed by atoms with Gasteiger partial charge in [-0.3, -0.25) is 9.59 Å². The summed E-state index contributed by atoms with van der Waals surface area (Å²) in [6, 6.07) is -0.876. The van der Waals surface area contributed by atoms with Gasteiger partial charge in [0.1, 0.15) is 12.1 Å². The maximum atomic E-state index is 13.7. The zero-order chi connectivity index (χ0) is 31.9. The van der Waals surface area contributed by atoms with E-state index in [4.69, 9.17) is 24.1 Å². The molecule has 2 saturated heterocycles. The lowest BCUT2D eigenvalue weighted by Crippen LogP contribution is -2.61. The van der Waals surface area contributed by atoms with Crippen molar-refractivity contribution >= 4 is 17.7 Å². The summed E-state index contributed by atoms with van der Waals surface area (Å²) in [5.41, 5.74) is 0. The van der Waals surface area contributed by atoms with Crippen molar-refractivity contribution in [3.63, 3.8) is 0 Å². The van der Waals surface area contributed by atoms with Gasteiger partial charge in [-0.15, -0.1) is 0 Å². The predicted molar refractivity (Wildman–Crippen MR) is 161 cm³/mol. The Morgan fingerprint density at radius 2 is 1.72 bits per heavy atom. The molecule has 2 N–H and O–H groups in total. The monoisotopic (exact) mass is 611 g/mol. The molecule has 0 bridgehead atoms. The molecule has 0 aromatic rings. The van der Waals surface area contributed by atoms with Gasteiger partial charge in [0, 0.05) is 19.6 Å². The van der Waals surface area contributed by atoms with Crippen LogP contribution in [0.5, 0.6) is 0 Å². The first-order valence-electron chi connectivity index (χ1n) is 16.5. The van der Waals surface area contributed by atoms with E-state index < -0.39 is 35.4 Å². The van der Waals surface area contributed by atoms with Gasteiger partial charge in [0.25, 0.3) is 11.7 Å². The number of amides is 1. The molecule has 1 unspecified atom stereocenters. The van der Waals surface area contributed by atoms with Gasteiger partial charge < -0.3 is 34.1 Å². The van der Waals surface area contributed by atoms with E-state index in [1.54, 1.807) is 14.0 Å². The fourth-order valence-electron chi connectivity index (χ4n) is 7.29. The number of rotatable bonds is 13. The summed E-state index contributed by atoms with van der Waals surface area (Å²) in [6.45, 7) is 12.3. The summed E-state index contributed by atoms with van der Waals surface area (Å²) in [5.74, 6) is -4.50. The molecule has 9 atom stereocenters. The third-order valence-corrected chi connectivity index (χ3v) is 9.92. The van der Waals surface area contributed by atoms with Gasteiger partial charge in [-0.25, -0.2) is 4.79 Å². The van der Waals surface area contributed by atoms with Crippen molar-refractivity contribution in [2.75, 3.05) is 26.9 Å². The smallest absolute Gasteiger partial charge is 0.329 e. The van der Waals surface area contributed by atoms with Crippen LogP contribution in [0.15, 0.2) is 0 Å². The fourth-order valence-corrected chi connectivity index (χ4v) is 7.29. The molecule has 0 radical (unpaired) electrons. The second kappa shape index (κ2) is 16.1. The molecular weight excluding hydrogens is 554 g/mol. The molecule has 0 spiro atoms. The highest BCUT2D eigenvalue weighted by atomic mass is 16.6. The summed E-state index contributed by atoms with van der Waals surface area (Å²) in [4.78, 5) is 42.1. The fraction of sp³-hybridized carbons (Fsp3) is 0.909. The number of methoxy groups -OCH3 is 1. The number of carbonyl (C=O) groups excluding carboxylic acids is 3. The number of nitrogens with zero attached hydrogens (tertiary/aromatic N) is 1. The Morgan fingerprint density at radius 3 is 2.35 bits per heavy atom. The van der Waals surface area contributed by atoms with Gasteiger partial charge in [-0.1, -0.05) is 41.5 Å². The Hall–Kier alpha value is -1.59. The average Bonchev–Trinajstić information content (AvgIpc) is 2.99. The highest BCUT2D eigenvalue weighted by Crippen LogP contribution is 2.37. The summed E-state index contributed by atoms with van der Waals surface area (Å²) >= 11 is 0. The third-order valence-electron chi connectivity index (χ3n) is 9.92. The summed E-state index contributed by atoms with van der Waals surface area (Å²) in [5, 5.41) is 20.5. The largest absolute Gasteiger partial charge is 0.460 e. The van der Waals surface area contributed by atoms with Crippen LogP contribution >= 0.6 is 0 Å². The number of esters is 1. The quantitative estimate of drug-likeness (QED) is 0.235. The van der Waals surface area contributed by atoms with Gasteiger partial charge >= 0.3 is 5.97 Å². The van der Waals surface area contributed by atoms with Crippen molar-refractivity contribution in [2.45, 2.75) is 136 Å². The number of ether oxygens (including phenoxy) is 4. The molecule has 43 heavy (non-hydrogen) atoms. The Labute approximate surface area is 258 Å². The molecule has 2 aliphatic heterocycles. The molecule has 0 aromatic carbocycles. The van der Waals surface area contributed by atoms with E-state index in [-0.39, 0.29) is 55.3 Å². The number of ketones is 1. The van der Waals surface area contributed by atoms with Crippen molar-refractivity contribution in [2.24, 2.45) is 29.6 Å².